The first-order valence-corrected chi connectivity index (χ1v) is 10.4. The number of carbonyl (C=O) groups is 2. The van der Waals surface area contributed by atoms with E-state index < -0.39 is 17.2 Å². The SMILES string of the molecule is CCn1nc(C)c2c1c(=O)n(Cc1ccco1)c(=O)n2CC(=O)Nc1cccc(C(C)=O)c1. The lowest BCUT2D eigenvalue weighted by Gasteiger charge is -2.13. The van der Waals surface area contributed by atoms with Gasteiger partial charge in [-0.2, -0.15) is 5.10 Å². The first-order chi connectivity index (χ1) is 15.8. The van der Waals surface area contributed by atoms with Crippen molar-refractivity contribution in [3.05, 3.63) is 80.5 Å². The lowest BCUT2D eigenvalue weighted by Crippen LogP contribution is -2.42. The third-order valence-electron chi connectivity index (χ3n) is 5.32. The van der Waals surface area contributed by atoms with Crippen molar-refractivity contribution in [2.24, 2.45) is 0 Å². The highest BCUT2D eigenvalue weighted by Crippen LogP contribution is 2.15. The molecular weight excluding hydrogens is 426 g/mol. The van der Waals surface area contributed by atoms with Crippen LogP contribution in [0.2, 0.25) is 0 Å². The number of rotatable bonds is 7. The van der Waals surface area contributed by atoms with Gasteiger partial charge in [0.2, 0.25) is 5.91 Å². The molecule has 4 rings (SSSR count). The zero-order valence-corrected chi connectivity index (χ0v) is 18.5. The number of Topliss-reactive ketones (excluding diaryl/α,β-unsaturated/α-hetero) is 1. The van der Waals surface area contributed by atoms with Crippen molar-refractivity contribution in [3.63, 3.8) is 0 Å². The predicted molar refractivity (Wildman–Crippen MR) is 122 cm³/mol. The fourth-order valence-corrected chi connectivity index (χ4v) is 3.80. The molecule has 1 aromatic carbocycles. The van der Waals surface area contributed by atoms with E-state index in [9.17, 15) is 19.2 Å². The number of nitrogens with one attached hydrogen (secondary N) is 1. The molecule has 170 valence electrons. The molecule has 0 radical (unpaired) electrons. The maximum absolute atomic E-state index is 13.3. The van der Waals surface area contributed by atoms with E-state index in [1.807, 2.05) is 6.92 Å². The first-order valence-electron chi connectivity index (χ1n) is 10.4. The maximum Gasteiger partial charge on any atom is 0.332 e. The molecule has 0 unspecified atom stereocenters. The van der Waals surface area contributed by atoms with Gasteiger partial charge in [-0.3, -0.25) is 28.2 Å². The fraction of sp³-hybridized carbons (Fsp3) is 0.261. The number of fused-ring (bicyclic) bond motifs is 1. The summed E-state index contributed by atoms with van der Waals surface area (Å²) in [6.45, 7) is 4.97. The summed E-state index contributed by atoms with van der Waals surface area (Å²) in [6, 6.07) is 9.87. The van der Waals surface area contributed by atoms with Crippen molar-refractivity contribution in [1.82, 2.24) is 18.9 Å². The number of carbonyl (C=O) groups excluding carboxylic acids is 2. The number of hydrogen-bond acceptors (Lipinski definition) is 6. The molecule has 0 spiro atoms. The highest BCUT2D eigenvalue weighted by Gasteiger charge is 2.22. The normalized spacial score (nSPS) is 11.1. The van der Waals surface area contributed by atoms with Gasteiger partial charge in [0.25, 0.3) is 5.56 Å². The van der Waals surface area contributed by atoms with Crippen molar-refractivity contribution in [2.75, 3.05) is 5.32 Å². The number of amides is 1. The zero-order chi connectivity index (χ0) is 23.7. The van der Waals surface area contributed by atoms with Crippen LogP contribution in [0.5, 0.6) is 0 Å². The summed E-state index contributed by atoms with van der Waals surface area (Å²) >= 11 is 0. The van der Waals surface area contributed by atoms with E-state index in [1.54, 1.807) is 43.3 Å². The Balaban J connectivity index is 1.79. The molecule has 0 aliphatic heterocycles. The number of aryl methyl sites for hydroxylation is 2. The Labute approximate surface area is 188 Å². The lowest BCUT2D eigenvalue weighted by atomic mass is 10.1. The Kier molecular flexibility index (Phi) is 5.82. The number of aromatic nitrogens is 4. The molecule has 0 atom stereocenters. The van der Waals surface area contributed by atoms with Gasteiger partial charge >= 0.3 is 5.69 Å². The average Bonchev–Trinajstić information content (AvgIpc) is 3.41. The number of benzene rings is 1. The minimum Gasteiger partial charge on any atom is -0.467 e. The number of anilines is 1. The quantitative estimate of drug-likeness (QED) is 0.432. The van der Waals surface area contributed by atoms with E-state index in [0.29, 0.717) is 34.8 Å². The van der Waals surface area contributed by atoms with Crippen molar-refractivity contribution >= 4 is 28.4 Å². The van der Waals surface area contributed by atoms with Crippen LogP contribution in [0.4, 0.5) is 5.69 Å². The Morgan fingerprint density at radius 3 is 2.55 bits per heavy atom. The molecule has 4 aromatic rings. The van der Waals surface area contributed by atoms with Crippen LogP contribution in [0.1, 0.15) is 35.7 Å². The molecule has 0 fully saturated rings. The molecule has 1 amide bonds. The molecule has 0 aliphatic carbocycles. The van der Waals surface area contributed by atoms with Crippen molar-refractivity contribution in [1.29, 1.82) is 0 Å². The molecule has 10 nitrogen and oxygen atoms in total. The molecule has 3 aromatic heterocycles. The molecule has 0 bridgehead atoms. The Morgan fingerprint density at radius 1 is 1.09 bits per heavy atom. The molecule has 0 aliphatic rings. The van der Waals surface area contributed by atoms with Crippen LogP contribution in [0.15, 0.2) is 56.7 Å². The molecule has 0 saturated carbocycles. The summed E-state index contributed by atoms with van der Waals surface area (Å²) in [5, 5.41) is 7.10. The van der Waals surface area contributed by atoms with E-state index in [0.717, 1.165) is 4.57 Å². The van der Waals surface area contributed by atoms with Gasteiger partial charge in [-0.05, 0) is 45.0 Å². The van der Waals surface area contributed by atoms with E-state index >= 15 is 0 Å². The average molecular weight is 449 g/mol. The zero-order valence-electron chi connectivity index (χ0n) is 18.5. The Bertz CT molecular complexity index is 1470. The molecular formula is C23H23N5O5. The summed E-state index contributed by atoms with van der Waals surface area (Å²) in [4.78, 5) is 51.0. The Morgan fingerprint density at radius 2 is 1.88 bits per heavy atom. The van der Waals surface area contributed by atoms with E-state index in [1.165, 1.54) is 22.4 Å². The third-order valence-corrected chi connectivity index (χ3v) is 5.32. The second-order valence-corrected chi connectivity index (χ2v) is 7.62. The summed E-state index contributed by atoms with van der Waals surface area (Å²) in [5.74, 6) is -0.174. The number of hydrogen-bond donors (Lipinski definition) is 1. The summed E-state index contributed by atoms with van der Waals surface area (Å²) < 4.78 is 9.13. The highest BCUT2D eigenvalue weighted by molar-refractivity contribution is 5.97. The number of furan rings is 1. The van der Waals surface area contributed by atoms with Crippen LogP contribution in [0.25, 0.3) is 11.0 Å². The summed E-state index contributed by atoms with van der Waals surface area (Å²) in [5.41, 5.74) is 0.775. The minimum atomic E-state index is -0.643. The summed E-state index contributed by atoms with van der Waals surface area (Å²) in [7, 11) is 0. The van der Waals surface area contributed by atoms with Gasteiger partial charge in [-0.1, -0.05) is 12.1 Å². The second kappa shape index (κ2) is 8.73. The van der Waals surface area contributed by atoms with Gasteiger partial charge < -0.3 is 9.73 Å². The van der Waals surface area contributed by atoms with Crippen molar-refractivity contribution in [3.8, 4) is 0 Å². The standard InChI is InChI=1S/C23H23N5O5/c1-4-28-21-20(14(2)25-28)26(23(32)27(22(21)31)12-18-9-6-10-33-18)13-19(30)24-17-8-5-7-16(11-17)15(3)29/h5-11H,4,12-13H2,1-3H3,(H,24,30). The van der Waals surface area contributed by atoms with E-state index in [2.05, 4.69) is 10.4 Å². The first kappa shape index (κ1) is 22.0. The fourth-order valence-electron chi connectivity index (χ4n) is 3.80. The van der Waals surface area contributed by atoms with Gasteiger partial charge in [-0.25, -0.2) is 4.79 Å². The van der Waals surface area contributed by atoms with Gasteiger partial charge in [-0.15, -0.1) is 0 Å². The van der Waals surface area contributed by atoms with Gasteiger partial charge in [0, 0.05) is 17.8 Å². The molecule has 3 heterocycles. The Hall–Kier alpha value is -4.21. The minimum absolute atomic E-state index is 0.0726. The van der Waals surface area contributed by atoms with Gasteiger partial charge in [0.1, 0.15) is 17.8 Å². The number of nitrogens with zero attached hydrogens (tertiary/aromatic N) is 4. The van der Waals surface area contributed by atoms with E-state index in [-0.39, 0.29) is 24.4 Å². The summed E-state index contributed by atoms with van der Waals surface area (Å²) in [6.07, 6.45) is 1.46. The van der Waals surface area contributed by atoms with Crippen LogP contribution in [0, 0.1) is 6.92 Å². The van der Waals surface area contributed by atoms with Crippen LogP contribution in [-0.2, 0) is 24.4 Å². The lowest BCUT2D eigenvalue weighted by molar-refractivity contribution is -0.116. The van der Waals surface area contributed by atoms with Crippen molar-refractivity contribution < 1.29 is 14.0 Å². The maximum atomic E-state index is 13.3. The van der Waals surface area contributed by atoms with Gasteiger partial charge in [0.15, 0.2) is 11.3 Å². The highest BCUT2D eigenvalue weighted by atomic mass is 16.3. The van der Waals surface area contributed by atoms with Gasteiger partial charge in [0.05, 0.1) is 18.5 Å². The monoisotopic (exact) mass is 449 g/mol. The van der Waals surface area contributed by atoms with Crippen LogP contribution < -0.4 is 16.6 Å². The molecule has 10 heteroatoms. The predicted octanol–water partition coefficient (Wildman–Crippen LogP) is 2.17. The van der Waals surface area contributed by atoms with Crippen LogP contribution in [-0.4, -0.2) is 30.6 Å². The van der Waals surface area contributed by atoms with Crippen LogP contribution in [0.3, 0.4) is 0 Å². The second-order valence-electron chi connectivity index (χ2n) is 7.62. The molecule has 0 saturated heterocycles. The van der Waals surface area contributed by atoms with Crippen LogP contribution >= 0.6 is 0 Å². The molecule has 33 heavy (non-hydrogen) atoms. The largest absolute Gasteiger partial charge is 0.467 e. The smallest absolute Gasteiger partial charge is 0.332 e. The third kappa shape index (κ3) is 4.14. The van der Waals surface area contributed by atoms with E-state index in [4.69, 9.17) is 4.42 Å². The molecule has 1 N–H and O–H groups in total. The topological polar surface area (TPSA) is 121 Å². The van der Waals surface area contributed by atoms with Crippen molar-refractivity contribution in [2.45, 2.75) is 40.4 Å². The number of ketones is 1.